The number of methoxy groups -OCH3 is 1. The highest BCUT2D eigenvalue weighted by molar-refractivity contribution is 6.33. The van der Waals surface area contributed by atoms with Crippen LogP contribution in [0.3, 0.4) is 0 Å². The van der Waals surface area contributed by atoms with Gasteiger partial charge in [-0.05, 0) is 17.5 Å². The van der Waals surface area contributed by atoms with Gasteiger partial charge in [-0.15, -0.1) is 0 Å². The third kappa shape index (κ3) is 2.58. The number of carboxylic acids is 1. The maximum atomic E-state index is 10.6. The normalized spacial score (nSPS) is 12.2. The van der Waals surface area contributed by atoms with Crippen LogP contribution in [0.1, 0.15) is 24.8 Å². The molecule has 0 radical (unpaired) electrons. The number of hydrogen-bond acceptors (Lipinski definition) is 3. The fourth-order valence-electron chi connectivity index (χ4n) is 1.53. The number of ether oxygens (including phenoxy) is 1. The molecule has 0 fully saturated rings. The molecule has 1 aromatic carbocycles. The van der Waals surface area contributed by atoms with E-state index in [0.29, 0.717) is 11.3 Å². The lowest BCUT2D eigenvalue weighted by atomic mass is 9.96. The molecule has 2 N–H and O–H groups in total. The van der Waals surface area contributed by atoms with E-state index >= 15 is 0 Å². The molecule has 0 aliphatic rings. The van der Waals surface area contributed by atoms with Gasteiger partial charge in [0.1, 0.15) is 16.5 Å². The van der Waals surface area contributed by atoms with Crippen LogP contribution in [0.5, 0.6) is 11.5 Å². The van der Waals surface area contributed by atoms with Gasteiger partial charge >= 0.3 is 5.97 Å². The summed E-state index contributed by atoms with van der Waals surface area (Å²) in [5.41, 5.74) is 0.674. The average Bonchev–Trinajstić information content (AvgIpc) is 2.20. The van der Waals surface area contributed by atoms with Crippen LogP contribution in [0.2, 0.25) is 5.02 Å². The zero-order valence-corrected chi connectivity index (χ0v) is 9.78. The molecule has 1 atom stereocenters. The predicted octanol–water partition coefficient (Wildman–Crippen LogP) is 2.63. The lowest BCUT2D eigenvalue weighted by Crippen LogP contribution is -2.04. The quantitative estimate of drug-likeness (QED) is 0.855. The first-order valence-corrected chi connectivity index (χ1v) is 5.12. The van der Waals surface area contributed by atoms with E-state index in [4.69, 9.17) is 21.4 Å². The molecule has 5 heteroatoms. The van der Waals surface area contributed by atoms with Crippen LogP contribution in [-0.4, -0.2) is 23.3 Å². The Balaban J connectivity index is 3.13. The number of phenols is 1. The number of aliphatic carboxylic acids is 1. The molecule has 0 heterocycles. The number of phenolic OH excluding ortho intramolecular Hbond substituents is 1. The van der Waals surface area contributed by atoms with E-state index in [9.17, 15) is 9.90 Å². The monoisotopic (exact) mass is 244 g/mol. The molecule has 1 unspecified atom stereocenters. The molecule has 0 saturated carbocycles. The molecule has 1 aromatic rings. The number of rotatable bonds is 4. The van der Waals surface area contributed by atoms with Crippen LogP contribution >= 0.6 is 11.6 Å². The highest BCUT2D eigenvalue weighted by atomic mass is 35.5. The van der Waals surface area contributed by atoms with Crippen molar-refractivity contribution in [1.82, 2.24) is 0 Å². The second-order valence-electron chi connectivity index (χ2n) is 3.52. The number of hydrogen-bond donors (Lipinski definition) is 2. The van der Waals surface area contributed by atoms with Gasteiger partial charge in [-0.3, -0.25) is 4.79 Å². The maximum Gasteiger partial charge on any atom is 0.303 e. The molecule has 0 aliphatic heterocycles. The molecule has 88 valence electrons. The first-order chi connectivity index (χ1) is 7.47. The Morgan fingerprint density at radius 2 is 2.19 bits per heavy atom. The Labute approximate surface area is 98.4 Å². The standard InChI is InChI=1S/C11H13ClO4/c1-6(5-9(14)15)7-3-4-8(13)10(12)11(7)16-2/h3-4,6,13H,5H2,1-2H3,(H,14,15). The first kappa shape index (κ1) is 12.6. The van der Waals surface area contributed by atoms with Crippen molar-refractivity contribution >= 4 is 17.6 Å². The number of aromatic hydroxyl groups is 1. The Morgan fingerprint density at radius 3 is 2.69 bits per heavy atom. The lowest BCUT2D eigenvalue weighted by molar-refractivity contribution is -0.137. The van der Waals surface area contributed by atoms with E-state index in [2.05, 4.69) is 0 Å². The van der Waals surface area contributed by atoms with E-state index in [-0.39, 0.29) is 23.1 Å². The summed E-state index contributed by atoms with van der Waals surface area (Å²) >= 11 is 5.86. The highest BCUT2D eigenvalue weighted by Crippen LogP contribution is 2.40. The summed E-state index contributed by atoms with van der Waals surface area (Å²) in [5, 5.41) is 18.2. The summed E-state index contributed by atoms with van der Waals surface area (Å²) in [4.78, 5) is 10.6. The van der Waals surface area contributed by atoms with Crippen LogP contribution < -0.4 is 4.74 Å². The zero-order valence-electron chi connectivity index (χ0n) is 9.03. The van der Waals surface area contributed by atoms with Crippen molar-refractivity contribution in [3.63, 3.8) is 0 Å². The van der Waals surface area contributed by atoms with E-state index in [0.717, 1.165) is 0 Å². The SMILES string of the molecule is COc1c(C(C)CC(=O)O)ccc(O)c1Cl. The Kier molecular flexibility index (Phi) is 4.01. The second kappa shape index (κ2) is 5.07. The van der Waals surface area contributed by atoms with E-state index < -0.39 is 5.97 Å². The summed E-state index contributed by atoms with van der Waals surface area (Å²) in [6, 6.07) is 3.05. The molecule has 1 rings (SSSR count). The third-order valence-electron chi connectivity index (χ3n) is 2.32. The molecule has 16 heavy (non-hydrogen) atoms. The highest BCUT2D eigenvalue weighted by Gasteiger charge is 2.18. The maximum absolute atomic E-state index is 10.6. The Hall–Kier alpha value is -1.42. The summed E-state index contributed by atoms with van der Waals surface area (Å²) in [7, 11) is 1.43. The van der Waals surface area contributed by atoms with Crippen molar-refractivity contribution in [2.24, 2.45) is 0 Å². The fourth-order valence-corrected chi connectivity index (χ4v) is 1.78. The topological polar surface area (TPSA) is 66.8 Å². The van der Waals surface area contributed by atoms with Crippen LogP contribution in [0, 0.1) is 0 Å². The van der Waals surface area contributed by atoms with Gasteiger partial charge in [0, 0.05) is 0 Å². The summed E-state index contributed by atoms with van der Waals surface area (Å²) < 4.78 is 5.07. The smallest absolute Gasteiger partial charge is 0.303 e. The average molecular weight is 245 g/mol. The predicted molar refractivity (Wildman–Crippen MR) is 60.3 cm³/mol. The largest absolute Gasteiger partial charge is 0.506 e. The van der Waals surface area contributed by atoms with Crippen LogP contribution in [0.4, 0.5) is 0 Å². The van der Waals surface area contributed by atoms with Gasteiger partial charge in [0.2, 0.25) is 0 Å². The molecule has 0 aliphatic carbocycles. The van der Waals surface area contributed by atoms with E-state index in [1.165, 1.54) is 13.2 Å². The van der Waals surface area contributed by atoms with Crippen LogP contribution in [-0.2, 0) is 4.79 Å². The lowest BCUT2D eigenvalue weighted by Gasteiger charge is -2.15. The van der Waals surface area contributed by atoms with E-state index in [1.54, 1.807) is 13.0 Å². The summed E-state index contributed by atoms with van der Waals surface area (Å²) in [6.07, 6.45) is -0.0164. The van der Waals surface area contributed by atoms with Crippen molar-refractivity contribution in [3.05, 3.63) is 22.7 Å². The number of halogens is 1. The summed E-state index contributed by atoms with van der Waals surface area (Å²) in [5.74, 6) is -0.871. The zero-order chi connectivity index (χ0) is 12.3. The van der Waals surface area contributed by atoms with Gasteiger partial charge in [-0.25, -0.2) is 0 Å². The summed E-state index contributed by atoms with van der Waals surface area (Å²) in [6.45, 7) is 1.76. The van der Waals surface area contributed by atoms with Crippen LogP contribution in [0.25, 0.3) is 0 Å². The van der Waals surface area contributed by atoms with Crippen molar-refractivity contribution in [3.8, 4) is 11.5 Å². The molecular weight excluding hydrogens is 232 g/mol. The van der Waals surface area contributed by atoms with Gasteiger partial charge in [-0.1, -0.05) is 24.6 Å². The van der Waals surface area contributed by atoms with Gasteiger partial charge in [0.05, 0.1) is 13.5 Å². The fraction of sp³-hybridized carbons (Fsp3) is 0.364. The van der Waals surface area contributed by atoms with Crippen molar-refractivity contribution in [2.45, 2.75) is 19.3 Å². The molecular formula is C11H13ClO4. The number of benzene rings is 1. The molecule has 0 aromatic heterocycles. The second-order valence-corrected chi connectivity index (χ2v) is 3.90. The molecule has 0 saturated heterocycles. The molecule has 4 nitrogen and oxygen atoms in total. The minimum Gasteiger partial charge on any atom is -0.506 e. The van der Waals surface area contributed by atoms with Gasteiger partial charge < -0.3 is 14.9 Å². The third-order valence-corrected chi connectivity index (χ3v) is 2.69. The molecule has 0 spiro atoms. The van der Waals surface area contributed by atoms with Gasteiger partial charge in [0.25, 0.3) is 0 Å². The van der Waals surface area contributed by atoms with Crippen molar-refractivity contribution in [2.75, 3.05) is 7.11 Å². The van der Waals surface area contributed by atoms with Gasteiger partial charge in [-0.2, -0.15) is 0 Å². The molecule has 0 bridgehead atoms. The Morgan fingerprint density at radius 1 is 1.56 bits per heavy atom. The first-order valence-electron chi connectivity index (χ1n) is 4.74. The van der Waals surface area contributed by atoms with Crippen LogP contribution in [0.15, 0.2) is 12.1 Å². The van der Waals surface area contributed by atoms with Crippen molar-refractivity contribution in [1.29, 1.82) is 0 Å². The van der Waals surface area contributed by atoms with Gasteiger partial charge in [0.15, 0.2) is 0 Å². The minimum absolute atomic E-state index is 0.0164. The molecule has 0 amide bonds. The number of carboxylic acid groups (broad SMARTS) is 1. The Bertz CT molecular complexity index is 403. The van der Waals surface area contributed by atoms with Crippen molar-refractivity contribution < 1.29 is 19.7 Å². The van der Waals surface area contributed by atoms with E-state index in [1.807, 2.05) is 0 Å². The number of carbonyl (C=O) groups is 1. The minimum atomic E-state index is -0.890.